The van der Waals surface area contributed by atoms with Gasteiger partial charge >= 0.3 is 6.18 Å². The fourth-order valence-electron chi connectivity index (χ4n) is 0.958. The average Bonchev–Trinajstić information content (AvgIpc) is 2.11. The summed E-state index contributed by atoms with van der Waals surface area (Å²) < 4.78 is 41.3. The SMILES string of the molecule is Nc1ccc(C(F)(F)F)c(OC=O)c1Cl. The third-order valence-electron chi connectivity index (χ3n) is 1.60. The summed E-state index contributed by atoms with van der Waals surface area (Å²) in [5.41, 5.74) is 4.03. The Balaban J connectivity index is 3.39. The Kier molecular flexibility index (Phi) is 3.09. The van der Waals surface area contributed by atoms with E-state index in [2.05, 4.69) is 4.74 Å². The minimum atomic E-state index is -4.66. The number of carbonyl (C=O) groups is 1. The molecular weight excluding hydrogens is 235 g/mol. The molecule has 0 amide bonds. The fraction of sp³-hybridized carbons (Fsp3) is 0.125. The molecule has 0 aromatic heterocycles. The van der Waals surface area contributed by atoms with Crippen molar-refractivity contribution in [2.75, 3.05) is 5.73 Å². The molecule has 0 radical (unpaired) electrons. The molecule has 0 saturated carbocycles. The third kappa shape index (κ3) is 2.33. The summed E-state index contributed by atoms with van der Waals surface area (Å²) in [5.74, 6) is -0.779. The van der Waals surface area contributed by atoms with Crippen molar-refractivity contribution in [3.63, 3.8) is 0 Å². The maximum Gasteiger partial charge on any atom is 0.420 e. The molecule has 0 aliphatic heterocycles. The third-order valence-corrected chi connectivity index (χ3v) is 1.99. The minimum absolute atomic E-state index is 0.0958. The first-order valence-corrected chi connectivity index (χ1v) is 4.01. The second-order valence-corrected chi connectivity index (χ2v) is 2.94. The van der Waals surface area contributed by atoms with Crippen LogP contribution in [-0.4, -0.2) is 6.47 Å². The molecule has 0 unspecified atom stereocenters. The van der Waals surface area contributed by atoms with Crippen molar-refractivity contribution in [3.05, 3.63) is 22.7 Å². The van der Waals surface area contributed by atoms with Gasteiger partial charge in [-0.2, -0.15) is 13.2 Å². The summed E-state index contributed by atoms with van der Waals surface area (Å²) in [6.45, 7) is -0.143. The molecule has 7 heteroatoms. The molecule has 0 aliphatic carbocycles. The number of rotatable bonds is 2. The van der Waals surface area contributed by atoms with E-state index in [1.165, 1.54) is 0 Å². The Morgan fingerprint density at radius 3 is 2.47 bits per heavy atom. The van der Waals surface area contributed by atoms with E-state index in [1.54, 1.807) is 0 Å². The summed E-state index contributed by atoms with van der Waals surface area (Å²) in [4.78, 5) is 10.0. The predicted molar refractivity (Wildman–Crippen MR) is 47.6 cm³/mol. The highest BCUT2D eigenvalue weighted by Crippen LogP contribution is 2.42. The summed E-state index contributed by atoms with van der Waals surface area (Å²) in [5, 5.41) is -0.433. The van der Waals surface area contributed by atoms with E-state index in [4.69, 9.17) is 17.3 Å². The number of hydrogen-bond acceptors (Lipinski definition) is 3. The fourth-order valence-corrected chi connectivity index (χ4v) is 1.17. The number of halogens is 4. The maximum atomic E-state index is 12.4. The molecule has 1 aromatic carbocycles. The number of nitrogen functional groups attached to an aromatic ring is 1. The minimum Gasteiger partial charge on any atom is -0.426 e. The first-order valence-electron chi connectivity index (χ1n) is 3.63. The van der Waals surface area contributed by atoms with E-state index in [0.29, 0.717) is 6.07 Å². The van der Waals surface area contributed by atoms with Gasteiger partial charge in [-0.3, -0.25) is 4.79 Å². The quantitative estimate of drug-likeness (QED) is 0.637. The first-order chi connectivity index (χ1) is 6.88. The zero-order chi connectivity index (χ0) is 11.6. The second-order valence-electron chi connectivity index (χ2n) is 2.56. The van der Waals surface area contributed by atoms with Gasteiger partial charge in [-0.1, -0.05) is 11.6 Å². The smallest absolute Gasteiger partial charge is 0.420 e. The highest BCUT2D eigenvalue weighted by atomic mass is 35.5. The zero-order valence-corrected chi connectivity index (χ0v) is 7.89. The first kappa shape index (κ1) is 11.6. The van der Waals surface area contributed by atoms with E-state index >= 15 is 0 Å². The van der Waals surface area contributed by atoms with Crippen LogP contribution in [0.4, 0.5) is 18.9 Å². The number of ether oxygens (including phenoxy) is 1. The van der Waals surface area contributed by atoms with Crippen molar-refractivity contribution in [2.24, 2.45) is 0 Å². The van der Waals surface area contributed by atoms with Crippen molar-refractivity contribution in [1.29, 1.82) is 0 Å². The lowest BCUT2D eigenvalue weighted by Gasteiger charge is -2.13. The van der Waals surface area contributed by atoms with E-state index in [0.717, 1.165) is 6.07 Å². The van der Waals surface area contributed by atoms with Gasteiger partial charge in [0.2, 0.25) is 0 Å². The molecule has 82 valence electrons. The molecule has 1 aromatic rings. The zero-order valence-electron chi connectivity index (χ0n) is 7.14. The normalized spacial score (nSPS) is 11.2. The lowest BCUT2D eigenvalue weighted by atomic mass is 10.1. The van der Waals surface area contributed by atoms with Crippen molar-refractivity contribution in [1.82, 2.24) is 0 Å². The monoisotopic (exact) mass is 239 g/mol. The van der Waals surface area contributed by atoms with Gasteiger partial charge < -0.3 is 10.5 Å². The van der Waals surface area contributed by atoms with Crippen LogP contribution in [0.1, 0.15) is 5.56 Å². The molecule has 3 nitrogen and oxygen atoms in total. The van der Waals surface area contributed by atoms with Crippen LogP contribution in [-0.2, 0) is 11.0 Å². The van der Waals surface area contributed by atoms with Gasteiger partial charge in [-0.25, -0.2) is 0 Å². The molecule has 0 fully saturated rings. The van der Waals surface area contributed by atoms with Crippen LogP contribution in [0.5, 0.6) is 5.75 Å². The van der Waals surface area contributed by atoms with Crippen LogP contribution < -0.4 is 10.5 Å². The van der Waals surface area contributed by atoms with Crippen LogP contribution in [0.3, 0.4) is 0 Å². The van der Waals surface area contributed by atoms with Gasteiger partial charge in [-0.05, 0) is 12.1 Å². The Bertz CT molecular complexity index is 392. The van der Waals surface area contributed by atoms with Crippen molar-refractivity contribution < 1.29 is 22.7 Å². The topological polar surface area (TPSA) is 52.3 Å². The molecule has 0 spiro atoms. The van der Waals surface area contributed by atoms with Crippen LogP contribution in [0.25, 0.3) is 0 Å². The van der Waals surface area contributed by atoms with Gasteiger partial charge in [0.25, 0.3) is 6.47 Å². The number of alkyl halides is 3. The lowest BCUT2D eigenvalue weighted by Crippen LogP contribution is -2.09. The van der Waals surface area contributed by atoms with Crippen LogP contribution in [0.15, 0.2) is 12.1 Å². The Hall–Kier alpha value is -1.43. The van der Waals surface area contributed by atoms with Gasteiger partial charge in [0.1, 0.15) is 5.02 Å². The second kappa shape index (κ2) is 3.98. The molecule has 1 rings (SSSR count). The van der Waals surface area contributed by atoms with Gasteiger partial charge in [0.05, 0.1) is 11.3 Å². The summed E-state index contributed by atoms with van der Waals surface area (Å²) in [7, 11) is 0. The summed E-state index contributed by atoms with van der Waals surface area (Å²) >= 11 is 5.47. The Morgan fingerprint density at radius 1 is 1.40 bits per heavy atom. The van der Waals surface area contributed by atoms with Crippen LogP contribution >= 0.6 is 11.6 Å². The number of anilines is 1. The molecule has 15 heavy (non-hydrogen) atoms. The van der Waals surface area contributed by atoms with Crippen LogP contribution in [0, 0.1) is 0 Å². The Labute approximate surface area is 87.6 Å². The summed E-state index contributed by atoms with van der Waals surface area (Å²) in [6, 6.07) is 1.68. The lowest BCUT2D eigenvalue weighted by molar-refractivity contribution is -0.139. The van der Waals surface area contributed by atoms with Gasteiger partial charge in [0, 0.05) is 0 Å². The molecular formula is C8H5ClF3NO2. The van der Waals surface area contributed by atoms with E-state index in [-0.39, 0.29) is 12.2 Å². The number of hydrogen-bond donors (Lipinski definition) is 1. The number of carbonyl (C=O) groups excluding carboxylic acids is 1. The molecule has 0 aliphatic rings. The van der Waals surface area contributed by atoms with E-state index in [1.807, 2.05) is 0 Å². The van der Waals surface area contributed by atoms with Crippen LogP contribution in [0.2, 0.25) is 5.02 Å². The van der Waals surface area contributed by atoms with Crippen molar-refractivity contribution in [3.8, 4) is 5.75 Å². The highest BCUT2D eigenvalue weighted by molar-refractivity contribution is 6.34. The summed E-state index contributed by atoms with van der Waals surface area (Å²) in [6.07, 6.45) is -4.66. The van der Waals surface area contributed by atoms with E-state index < -0.39 is 22.5 Å². The van der Waals surface area contributed by atoms with Gasteiger partial charge in [-0.15, -0.1) is 0 Å². The molecule has 0 saturated heterocycles. The molecule has 0 atom stereocenters. The highest BCUT2D eigenvalue weighted by Gasteiger charge is 2.36. The maximum absolute atomic E-state index is 12.4. The molecule has 2 N–H and O–H groups in total. The average molecular weight is 240 g/mol. The van der Waals surface area contributed by atoms with E-state index in [9.17, 15) is 18.0 Å². The predicted octanol–water partition coefficient (Wildman–Crippen LogP) is 2.48. The van der Waals surface area contributed by atoms with Crippen molar-refractivity contribution >= 4 is 23.8 Å². The molecule has 0 heterocycles. The largest absolute Gasteiger partial charge is 0.426 e. The Morgan fingerprint density at radius 2 is 2.00 bits per heavy atom. The number of benzene rings is 1. The van der Waals surface area contributed by atoms with Crippen molar-refractivity contribution in [2.45, 2.75) is 6.18 Å². The molecule has 0 bridgehead atoms. The van der Waals surface area contributed by atoms with Gasteiger partial charge in [0.15, 0.2) is 5.75 Å². The number of nitrogens with two attached hydrogens (primary N) is 1. The standard InChI is InChI=1S/C8H5ClF3NO2/c9-6-5(13)2-1-4(8(10,11)12)7(6)15-3-14/h1-3H,13H2.